The van der Waals surface area contributed by atoms with Gasteiger partial charge in [0.05, 0.1) is 25.4 Å². The van der Waals surface area contributed by atoms with Crippen LogP contribution in [0.25, 0.3) is 0 Å². The van der Waals surface area contributed by atoms with Crippen LogP contribution < -0.4 is 20.7 Å². The van der Waals surface area contributed by atoms with Crippen LogP contribution in [0.4, 0.5) is 10.1 Å². The van der Waals surface area contributed by atoms with Gasteiger partial charge < -0.3 is 30.5 Å². The molecule has 0 radical (unpaired) electrons. The van der Waals surface area contributed by atoms with Gasteiger partial charge in [-0.15, -0.1) is 5.10 Å². The van der Waals surface area contributed by atoms with Crippen molar-refractivity contribution in [3.8, 4) is 5.88 Å². The lowest BCUT2D eigenvalue weighted by Gasteiger charge is -2.36. The van der Waals surface area contributed by atoms with Crippen LogP contribution in [0.3, 0.4) is 0 Å². The van der Waals surface area contributed by atoms with Gasteiger partial charge in [0.15, 0.2) is 0 Å². The summed E-state index contributed by atoms with van der Waals surface area (Å²) >= 11 is 0.918. The van der Waals surface area contributed by atoms with E-state index in [-0.39, 0.29) is 34.7 Å². The number of ether oxygens (including phenoxy) is 1. The average Bonchev–Trinajstić information content (AvgIpc) is 3.53. The van der Waals surface area contributed by atoms with Crippen molar-refractivity contribution in [2.75, 3.05) is 45.7 Å². The van der Waals surface area contributed by atoms with Crippen LogP contribution in [0.15, 0.2) is 42.7 Å². The number of carbonyl (C=O) groups excluding carboxylic acids is 4. The number of carbonyl (C=O) groups is 4. The SMILES string of the molecule is COc1ccc(CC(=O)N[C@H](C(=O)Nc2ccc([C@H](C)[C@@H](NC(=O)c3cnns3)C(=O)N3CCN(C)CC3)cc2F)C2CCCCCC2)cn1. The highest BCUT2D eigenvalue weighted by atomic mass is 32.1. The van der Waals surface area contributed by atoms with E-state index in [1.807, 2.05) is 7.05 Å². The molecular formula is C35H45FN8O5S. The van der Waals surface area contributed by atoms with Crippen LogP contribution >= 0.6 is 11.5 Å². The Balaban J connectivity index is 1.31. The number of rotatable bonds is 12. The van der Waals surface area contributed by atoms with E-state index in [1.165, 1.54) is 25.4 Å². The number of amides is 4. The van der Waals surface area contributed by atoms with Crippen LogP contribution in [0.5, 0.6) is 5.88 Å². The average molecular weight is 709 g/mol. The zero-order valence-electron chi connectivity index (χ0n) is 28.7. The Morgan fingerprint density at radius 1 is 1.00 bits per heavy atom. The molecule has 3 N–H and O–H groups in total. The molecule has 5 rings (SSSR count). The minimum absolute atomic E-state index is 0.0263. The van der Waals surface area contributed by atoms with Crippen molar-refractivity contribution in [1.29, 1.82) is 0 Å². The molecule has 2 fully saturated rings. The maximum Gasteiger partial charge on any atom is 0.265 e. The van der Waals surface area contributed by atoms with Gasteiger partial charge in [0.25, 0.3) is 5.91 Å². The number of benzene rings is 1. The van der Waals surface area contributed by atoms with Crippen molar-refractivity contribution in [2.24, 2.45) is 5.92 Å². The molecule has 15 heteroatoms. The number of nitrogens with one attached hydrogen (secondary N) is 3. The van der Waals surface area contributed by atoms with E-state index in [1.54, 1.807) is 36.2 Å². The van der Waals surface area contributed by atoms with E-state index < -0.39 is 35.6 Å². The van der Waals surface area contributed by atoms with Crippen LogP contribution in [0.1, 0.15) is 72.2 Å². The van der Waals surface area contributed by atoms with Gasteiger partial charge >= 0.3 is 0 Å². The molecule has 1 aliphatic carbocycles. The monoisotopic (exact) mass is 708 g/mol. The van der Waals surface area contributed by atoms with Gasteiger partial charge in [-0.3, -0.25) is 19.2 Å². The van der Waals surface area contributed by atoms with Crippen LogP contribution in [0.2, 0.25) is 0 Å². The molecule has 3 aromatic rings. The summed E-state index contributed by atoms with van der Waals surface area (Å²) in [6.07, 6.45) is 8.46. The van der Waals surface area contributed by atoms with Crippen LogP contribution in [-0.4, -0.2) is 100 Å². The Kier molecular flexibility index (Phi) is 12.8. The van der Waals surface area contributed by atoms with Crippen molar-refractivity contribution < 1.29 is 28.3 Å². The van der Waals surface area contributed by atoms with Gasteiger partial charge in [-0.25, -0.2) is 9.37 Å². The fraction of sp³-hybridized carbons (Fsp3) is 0.514. The summed E-state index contributed by atoms with van der Waals surface area (Å²) in [6, 6.07) is 5.96. The number of anilines is 1. The normalized spacial score (nSPS) is 17.6. The third kappa shape index (κ3) is 9.59. The Morgan fingerprint density at radius 2 is 1.74 bits per heavy atom. The Hall–Kier alpha value is -4.50. The Bertz CT molecular complexity index is 1610. The molecule has 1 saturated heterocycles. The molecule has 0 bridgehead atoms. The second kappa shape index (κ2) is 17.4. The molecule has 3 atom stereocenters. The second-order valence-electron chi connectivity index (χ2n) is 13.1. The Labute approximate surface area is 295 Å². The molecule has 268 valence electrons. The van der Waals surface area contributed by atoms with Gasteiger partial charge in [-0.1, -0.05) is 49.2 Å². The summed E-state index contributed by atoms with van der Waals surface area (Å²) in [7, 11) is 3.49. The lowest BCUT2D eigenvalue weighted by atomic mass is 9.90. The number of piperazine rings is 1. The number of hydrogen-bond donors (Lipinski definition) is 3. The lowest BCUT2D eigenvalue weighted by Crippen LogP contribution is -2.55. The molecule has 1 aliphatic heterocycles. The largest absolute Gasteiger partial charge is 0.481 e. The van der Waals surface area contributed by atoms with E-state index in [4.69, 9.17) is 4.74 Å². The highest BCUT2D eigenvalue weighted by molar-refractivity contribution is 7.07. The van der Waals surface area contributed by atoms with Crippen molar-refractivity contribution in [3.63, 3.8) is 0 Å². The second-order valence-corrected chi connectivity index (χ2v) is 13.8. The van der Waals surface area contributed by atoms with E-state index in [9.17, 15) is 19.2 Å². The van der Waals surface area contributed by atoms with Gasteiger partial charge in [-0.2, -0.15) is 0 Å². The van der Waals surface area contributed by atoms with Gasteiger partial charge in [0, 0.05) is 44.4 Å². The molecular weight excluding hydrogens is 664 g/mol. The molecule has 2 aliphatic rings. The predicted octanol–water partition coefficient (Wildman–Crippen LogP) is 3.39. The number of aromatic nitrogens is 3. The Morgan fingerprint density at radius 3 is 2.36 bits per heavy atom. The first-order chi connectivity index (χ1) is 24.1. The van der Waals surface area contributed by atoms with E-state index in [0.29, 0.717) is 43.2 Å². The van der Waals surface area contributed by atoms with E-state index in [0.717, 1.165) is 50.1 Å². The first-order valence-electron chi connectivity index (χ1n) is 17.1. The summed E-state index contributed by atoms with van der Waals surface area (Å²) in [5.41, 5.74) is 1.10. The number of hydrogen-bond acceptors (Lipinski definition) is 10. The van der Waals surface area contributed by atoms with E-state index in [2.05, 4.69) is 35.4 Å². The molecule has 50 heavy (non-hydrogen) atoms. The fourth-order valence-electron chi connectivity index (χ4n) is 6.51. The first kappa shape index (κ1) is 36.8. The standard InChI is InChI=1S/C35H45FN8O5S/c1-22(31(41-33(46)28-21-38-42-50-28)35(48)44-16-14-43(2)15-17-44)25-11-12-27(26(36)19-25)39-34(47)32(24-8-6-4-5-7-9-24)40-29(45)18-23-10-13-30(49-3)37-20-23/h10-13,19-22,24,31-32H,4-9,14-18H2,1-3H3,(H,39,47)(H,40,45)(H,41,46)/t22-,31+,32-/m0/s1. The van der Waals surface area contributed by atoms with Crippen molar-refractivity contribution in [1.82, 2.24) is 35.0 Å². The zero-order chi connectivity index (χ0) is 35.6. The van der Waals surface area contributed by atoms with Gasteiger partial charge in [0.1, 0.15) is 22.8 Å². The summed E-state index contributed by atoms with van der Waals surface area (Å²) < 4.78 is 24.6. The molecule has 1 aromatic carbocycles. The molecule has 13 nitrogen and oxygen atoms in total. The number of halogens is 1. The third-order valence-electron chi connectivity index (χ3n) is 9.57. The van der Waals surface area contributed by atoms with Crippen molar-refractivity contribution in [3.05, 3.63) is 64.5 Å². The number of nitrogens with zero attached hydrogens (tertiary/aromatic N) is 5. The van der Waals surface area contributed by atoms with Crippen molar-refractivity contribution in [2.45, 2.75) is 69.9 Å². The zero-order valence-corrected chi connectivity index (χ0v) is 29.5. The number of methoxy groups -OCH3 is 1. The minimum atomic E-state index is -0.983. The molecule has 4 amide bonds. The summed E-state index contributed by atoms with van der Waals surface area (Å²) in [5.74, 6) is -2.55. The fourth-order valence-corrected chi connectivity index (χ4v) is 6.93. The highest BCUT2D eigenvalue weighted by Crippen LogP contribution is 2.29. The quantitative estimate of drug-likeness (QED) is 0.240. The van der Waals surface area contributed by atoms with Gasteiger partial charge in [-0.05, 0) is 60.6 Å². The number of likely N-dealkylation sites (N-methyl/N-ethyl adjacent to an activating group) is 1. The molecule has 0 unspecified atom stereocenters. The van der Waals surface area contributed by atoms with Crippen molar-refractivity contribution >= 4 is 40.8 Å². The van der Waals surface area contributed by atoms with E-state index >= 15 is 4.39 Å². The third-order valence-corrected chi connectivity index (χ3v) is 10.2. The smallest absolute Gasteiger partial charge is 0.265 e. The molecule has 1 saturated carbocycles. The van der Waals surface area contributed by atoms with Crippen LogP contribution in [-0.2, 0) is 20.8 Å². The highest BCUT2D eigenvalue weighted by Gasteiger charge is 2.35. The molecule has 0 spiro atoms. The maximum absolute atomic E-state index is 15.8. The minimum Gasteiger partial charge on any atom is -0.481 e. The summed E-state index contributed by atoms with van der Waals surface area (Å²) in [4.78, 5) is 62.0. The summed E-state index contributed by atoms with van der Waals surface area (Å²) in [6.45, 7) is 4.16. The predicted molar refractivity (Wildman–Crippen MR) is 186 cm³/mol. The van der Waals surface area contributed by atoms with Gasteiger partial charge in [0.2, 0.25) is 23.6 Å². The first-order valence-corrected chi connectivity index (χ1v) is 17.8. The maximum atomic E-state index is 15.8. The molecule has 3 heterocycles. The lowest BCUT2D eigenvalue weighted by molar-refractivity contribution is -0.135. The molecule has 2 aromatic heterocycles. The summed E-state index contributed by atoms with van der Waals surface area (Å²) in [5, 5.41) is 12.2. The number of pyridine rings is 1. The topological polar surface area (TPSA) is 159 Å². The van der Waals surface area contributed by atoms with Crippen LogP contribution in [0, 0.1) is 11.7 Å².